The Balaban J connectivity index is 2.32. The third-order valence-electron chi connectivity index (χ3n) is 4.03. The minimum atomic E-state index is -3.82. The minimum absolute atomic E-state index is 0.0132. The van der Waals surface area contributed by atoms with E-state index in [-0.39, 0.29) is 16.8 Å². The first-order valence-electron chi connectivity index (χ1n) is 7.26. The summed E-state index contributed by atoms with van der Waals surface area (Å²) in [6.07, 6.45) is 6.55. The lowest BCUT2D eigenvalue weighted by molar-refractivity contribution is 0.0724. The highest BCUT2D eigenvalue weighted by atomic mass is 35.7. The molecule has 0 radical (unpaired) electrons. The molecule has 0 spiro atoms. The largest absolute Gasteiger partial charge is 0.342 e. The molecule has 1 aromatic heterocycles. The third-order valence-corrected chi connectivity index (χ3v) is 5.35. The number of aryl methyl sites for hydroxylation is 1. The van der Waals surface area contributed by atoms with E-state index in [0.29, 0.717) is 12.2 Å². The second-order valence-corrected chi connectivity index (χ2v) is 8.11. The summed E-state index contributed by atoms with van der Waals surface area (Å²) in [5.41, 5.74) is 0.394. The number of halogens is 1. The number of hydrogen-bond donors (Lipinski definition) is 0. The zero-order valence-corrected chi connectivity index (χ0v) is 14.0. The van der Waals surface area contributed by atoms with E-state index in [1.165, 1.54) is 12.3 Å². The Bertz CT molecular complexity index is 618. The first-order chi connectivity index (χ1) is 9.84. The zero-order chi connectivity index (χ0) is 15.6. The number of carbonyl (C=O) groups excluding carboxylic acids is 1. The molecule has 7 heteroatoms. The van der Waals surface area contributed by atoms with Crippen molar-refractivity contribution < 1.29 is 13.2 Å². The predicted molar refractivity (Wildman–Crippen MR) is 82.1 cm³/mol. The van der Waals surface area contributed by atoms with Crippen LogP contribution in [0.4, 0.5) is 0 Å². The van der Waals surface area contributed by atoms with E-state index in [9.17, 15) is 13.2 Å². The Labute approximate surface area is 130 Å². The lowest BCUT2D eigenvalue weighted by Crippen LogP contribution is -2.36. The van der Waals surface area contributed by atoms with E-state index in [2.05, 4.69) is 0 Å². The Hall–Kier alpha value is -1.01. The molecule has 1 heterocycles. The Morgan fingerprint density at radius 3 is 2.57 bits per heavy atom. The van der Waals surface area contributed by atoms with E-state index < -0.39 is 9.05 Å². The van der Waals surface area contributed by atoms with Crippen molar-refractivity contribution in [2.24, 2.45) is 0 Å². The molecule has 0 unspecified atom stereocenters. The van der Waals surface area contributed by atoms with Gasteiger partial charge in [-0.15, -0.1) is 0 Å². The van der Waals surface area contributed by atoms with Crippen LogP contribution >= 0.6 is 10.7 Å². The normalized spacial score (nSPS) is 16.3. The van der Waals surface area contributed by atoms with Gasteiger partial charge < -0.3 is 9.47 Å². The Morgan fingerprint density at radius 1 is 1.43 bits per heavy atom. The number of hydrogen-bond acceptors (Lipinski definition) is 3. The molecule has 0 aromatic carbocycles. The van der Waals surface area contributed by atoms with Crippen molar-refractivity contribution in [1.82, 2.24) is 9.47 Å². The van der Waals surface area contributed by atoms with Gasteiger partial charge in [0.1, 0.15) is 10.6 Å². The summed E-state index contributed by atoms with van der Waals surface area (Å²) >= 11 is 0. The molecule has 1 aromatic rings. The summed E-state index contributed by atoms with van der Waals surface area (Å²) < 4.78 is 24.6. The summed E-state index contributed by atoms with van der Waals surface area (Å²) in [6.45, 7) is 2.57. The molecule has 1 aliphatic rings. The topological polar surface area (TPSA) is 59.4 Å². The van der Waals surface area contributed by atoms with Gasteiger partial charge in [-0.25, -0.2) is 8.42 Å². The maximum absolute atomic E-state index is 12.6. The fourth-order valence-electron chi connectivity index (χ4n) is 2.86. The lowest BCUT2D eigenvalue weighted by Gasteiger charge is -2.24. The van der Waals surface area contributed by atoms with Crippen LogP contribution in [0.2, 0.25) is 0 Å². The molecule has 0 atom stereocenters. The molecule has 1 aliphatic carbocycles. The zero-order valence-electron chi connectivity index (χ0n) is 12.4. The van der Waals surface area contributed by atoms with Crippen molar-refractivity contribution in [3.63, 3.8) is 0 Å². The van der Waals surface area contributed by atoms with Gasteiger partial charge in [-0.2, -0.15) is 0 Å². The van der Waals surface area contributed by atoms with Crippen molar-refractivity contribution in [1.29, 1.82) is 0 Å². The summed E-state index contributed by atoms with van der Waals surface area (Å²) in [7, 11) is 3.36. The highest BCUT2D eigenvalue weighted by molar-refractivity contribution is 8.13. The molecule has 2 rings (SSSR count). The molecule has 1 amide bonds. The predicted octanol–water partition coefficient (Wildman–Crippen LogP) is 2.84. The van der Waals surface area contributed by atoms with Crippen LogP contribution in [-0.2, 0) is 15.6 Å². The van der Waals surface area contributed by atoms with Crippen molar-refractivity contribution in [2.75, 3.05) is 7.05 Å². The van der Waals surface area contributed by atoms with E-state index in [0.717, 1.165) is 32.1 Å². The maximum Gasteiger partial charge on any atom is 0.270 e. The van der Waals surface area contributed by atoms with Gasteiger partial charge >= 0.3 is 0 Å². The Morgan fingerprint density at radius 2 is 2.05 bits per heavy atom. The number of rotatable bonds is 5. The van der Waals surface area contributed by atoms with E-state index in [1.807, 2.05) is 6.92 Å². The molecule has 1 saturated carbocycles. The van der Waals surface area contributed by atoms with Gasteiger partial charge in [0.2, 0.25) is 0 Å². The molecule has 1 fully saturated rings. The van der Waals surface area contributed by atoms with Gasteiger partial charge in [-0.1, -0.05) is 19.8 Å². The fourth-order valence-corrected chi connectivity index (χ4v) is 3.62. The minimum Gasteiger partial charge on any atom is -0.342 e. The smallest absolute Gasteiger partial charge is 0.270 e. The number of amides is 1. The number of aromatic nitrogens is 1. The molecular weight excluding hydrogens is 312 g/mol. The average molecular weight is 333 g/mol. The highest BCUT2D eigenvalue weighted by Crippen LogP contribution is 2.25. The summed E-state index contributed by atoms with van der Waals surface area (Å²) in [5, 5.41) is 0. The third kappa shape index (κ3) is 3.61. The van der Waals surface area contributed by atoms with Crippen molar-refractivity contribution >= 4 is 25.6 Å². The van der Waals surface area contributed by atoms with Crippen LogP contribution in [0.1, 0.15) is 49.5 Å². The maximum atomic E-state index is 12.6. The second-order valence-electron chi connectivity index (χ2n) is 5.55. The summed E-state index contributed by atoms with van der Waals surface area (Å²) in [6, 6.07) is 1.63. The molecular formula is C14H21ClN2O3S. The van der Waals surface area contributed by atoms with Crippen LogP contribution in [0, 0.1) is 0 Å². The van der Waals surface area contributed by atoms with Crippen LogP contribution in [0.25, 0.3) is 0 Å². The van der Waals surface area contributed by atoms with Crippen LogP contribution in [0.5, 0.6) is 0 Å². The highest BCUT2D eigenvalue weighted by Gasteiger charge is 2.27. The first kappa shape index (κ1) is 16.4. The van der Waals surface area contributed by atoms with Crippen LogP contribution in [-0.4, -0.2) is 36.9 Å². The van der Waals surface area contributed by atoms with E-state index in [4.69, 9.17) is 10.7 Å². The van der Waals surface area contributed by atoms with Crippen LogP contribution < -0.4 is 0 Å². The SMILES string of the molecule is CCCn1cc(S(=O)(=O)Cl)cc1C(=O)N(C)C1CCCC1. The van der Waals surface area contributed by atoms with Gasteiger partial charge in [0.25, 0.3) is 15.0 Å². The van der Waals surface area contributed by atoms with Crippen molar-refractivity contribution in [3.05, 3.63) is 18.0 Å². The lowest BCUT2D eigenvalue weighted by atomic mass is 10.2. The van der Waals surface area contributed by atoms with Crippen molar-refractivity contribution in [3.8, 4) is 0 Å². The van der Waals surface area contributed by atoms with Gasteiger partial charge in [0.05, 0.1) is 0 Å². The van der Waals surface area contributed by atoms with E-state index >= 15 is 0 Å². The molecule has 0 saturated heterocycles. The summed E-state index contributed by atoms with van der Waals surface area (Å²) in [5.74, 6) is -0.137. The number of carbonyl (C=O) groups is 1. The quantitative estimate of drug-likeness (QED) is 0.779. The second kappa shape index (κ2) is 6.40. The van der Waals surface area contributed by atoms with Gasteiger partial charge in [-0.05, 0) is 25.3 Å². The van der Waals surface area contributed by atoms with Crippen LogP contribution in [0.3, 0.4) is 0 Å². The van der Waals surface area contributed by atoms with Crippen LogP contribution in [0.15, 0.2) is 17.2 Å². The number of nitrogens with zero attached hydrogens (tertiary/aromatic N) is 2. The molecule has 0 N–H and O–H groups in total. The first-order valence-corrected chi connectivity index (χ1v) is 9.57. The monoisotopic (exact) mass is 332 g/mol. The molecule has 21 heavy (non-hydrogen) atoms. The molecule has 118 valence electrons. The van der Waals surface area contributed by atoms with Gasteiger partial charge in [-0.3, -0.25) is 4.79 Å². The fraction of sp³-hybridized carbons (Fsp3) is 0.643. The Kier molecular flexibility index (Phi) is 4.99. The standard InChI is InChI=1S/C14H21ClN2O3S/c1-3-8-17-10-12(21(15,19)20)9-13(17)14(18)16(2)11-6-4-5-7-11/h9-11H,3-8H2,1-2H3. The molecule has 5 nitrogen and oxygen atoms in total. The average Bonchev–Trinajstić information content (AvgIpc) is 3.05. The molecule has 0 bridgehead atoms. The van der Waals surface area contributed by atoms with E-state index in [1.54, 1.807) is 16.5 Å². The van der Waals surface area contributed by atoms with Crippen molar-refractivity contribution in [2.45, 2.75) is 56.5 Å². The van der Waals surface area contributed by atoms with Gasteiger partial charge in [0.15, 0.2) is 0 Å². The molecule has 0 aliphatic heterocycles. The van der Waals surface area contributed by atoms with Gasteiger partial charge in [0, 0.05) is 36.5 Å². The summed E-state index contributed by atoms with van der Waals surface area (Å²) in [4.78, 5) is 14.4.